The first kappa shape index (κ1) is 17.7. The van der Waals surface area contributed by atoms with E-state index >= 15 is 0 Å². The minimum Gasteiger partial charge on any atom is -1.00 e. The summed E-state index contributed by atoms with van der Waals surface area (Å²) in [6, 6.07) is 0. The zero-order chi connectivity index (χ0) is 2.71. The van der Waals surface area contributed by atoms with E-state index < -0.39 is 11.6 Å². The van der Waals surface area contributed by atoms with E-state index in [0.29, 0.717) is 0 Å². The van der Waals surface area contributed by atoms with Crippen LogP contribution >= 0.6 is 0 Å². The van der Waals surface area contributed by atoms with Crippen LogP contribution in [0.2, 0.25) is 0 Å². The minimum absolute atomic E-state index is 0. The molecule has 0 fully saturated rings. The zero-order valence-electron chi connectivity index (χ0n) is 4.43. The van der Waals surface area contributed by atoms with Crippen molar-refractivity contribution in [3.8, 4) is 0 Å². The molecule has 2 N–H and O–H groups in total. The number of rotatable bonds is 0. The Labute approximate surface area is 51.8 Å². The topological polar surface area (TPSA) is 65.6 Å². The molecule has 0 aromatic heterocycles. The molecule has 30 valence electrons. The second-order valence-corrected chi connectivity index (χ2v) is 0.204. The first-order valence-electron chi connectivity index (χ1n) is 0.333. The molecule has 0 heterocycles. The Balaban J connectivity index is -0.00000000333. The van der Waals surface area contributed by atoms with Crippen LogP contribution in [0, 0.1) is 0 Å². The van der Waals surface area contributed by atoms with Gasteiger partial charge in [-0.2, -0.15) is 8.42 Å². The summed E-state index contributed by atoms with van der Waals surface area (Å²) in [6.07, 6.45) is 0. The van der Waals surface area contributed by atoms with Crippen LogP contribution in [-0.4, -0.2) is 36.9 Å². The number of hydrogen-bond acceptors (Lipinski definition) is 2. The van der Waals surface area contributed by atoms with Crippen molar-refractivity contribution >= 4 is 34.6 Å². The Morgan fingerprint density at radius 1 is 1.40 bits per heavy atom. The molecular weight excluding hydrogens is 104 g/mol. The van der Waals surface area contributed by atoms with Crippen LogP contribution < -0.4 is 0 Å². The molecule has 0 unspecified atom stereocenters. The van der Waals surface area contributed by atoms with Gasteiger partial charge in [-0.3, -0.25) is 0 Å². The van der Waals surface area contributed by atoms with Crippen molar-refractivity contribution in [2.45, 2.75) is 0 Å². The van der Waals surface area contributed by atoms with Gasteiger partial charge in [-0.15, -0.1) is 0 Å². The average molecular weight is 108 g/mol. The molecule has 0 spiro atoms. The molecule has 0 amide bonds. The smallest absolute Gasteiger partial charge is 1.00 e. The molecule has 0 aliphatic carbocycles. The summed E-state index contributed by atoms with van der Waals surface area (Å²) in [4.78, 5) is 0. The normalized spacial score (nSPS) is 2.40. The van der Waals surface area contributed by atoms with Gasteiger partial charge in [0.15, 0.2) is 0 Å². The first-order valence-corrected chi connectivity index (χ1v) is 1.00. The van der Waals surface area contributed by atoms with E-state index in [9.17, 15) is 0 Å². The average Bonchev–Trinajstić information content (AvgIpc) is 0.918. The summed E-state index contributed by atoms with van der Waals surface area (Å²) in [6.45, 7) is 0. The van der Waals surface area contributed by atoms with Gasteiger partial charge in [0.1, 0.15) is 0 Å². The molecule has 0 bridgehead atoms. The van der Waals surface area contributed by atoms with E-state index in [4.69, 9.17) is 8.42 Å². The monoisotopic (exact) mass is 108 g/mol. The van der Waals surface area contributed by atoms with Crippen LogP contribution in [0.1, 0.15) is 2.85 Å². The molecule has 5 heavy (non-hydrogen) atoms. The van der Waals surface area contributed by atoms with Crippen molar-refractivity contribution in [2.75, 3.05) is 0 Å². The fourth-order valence-electron chi connectivity index (χ4n) is 0. The third-order valence-electron chi connectivity index (χ3n) is 0. The fourth-order valence-corrected chi connectivity index (χ4v) is 0. The van der Waals surface area contributed by atoms with Crippen molar-refractivity contribution in [2.24, 2.45) is 0 Å². The van der Waals surface area contributed by atoms with Gasteiger partial charge < -0.3 is 8.33 Å². The quantitative estimate of drug-likeness (QED) is 0.349. The third kappa shape index (κ3) is 98.8. The fraction of sp³-hybridized carbons (Fsp3) is 0. The van der Waals surface area contributed by atoms with Gasteiger partial charge in [-0.1, -0.05) is 0 Å². The predicted molar refractivity (Wildman–Crippen MR) is 20.5 cm³/mol. The summed E-state index contributed by atoms with van der Waals surface area (Å²) in [5.74, 6) is 0. The maximum atomic E-state index is 8.29. The van der Waals surface area contributed by atoms with Gasteiger partial charge in [-0.05, 0) is 0 Å². The molecule has 0 saturated carbocycles. The molecule has 0 aliphatic rings. The standard InChI is InChI=1S/Mg.O2S.H2O.2H/c;1-3-2;;;/h;;1H2;;/q+2;;;2*-1. The Bertz CT molecular complexity index is 33.9. The molecule has 0 radical (unpaired) electrons. The van der Waals surface area contributed by atoms with Crippen LogP contribution in [-0.2, 0) is 11.6 Å². The Kier molecular flexibility index (Phi) is 84.6. The third-order valence-corrected chi connectivity index (χ3v) is 0. The molecule has 0 aromatic carbocycles. The summed E-state index contributed by atoms with van der Waals surface area (Å²) >= 11 is -0.750. The number of hydrogen-bond donors (Lipinski definition) is 0. The van der Waals surface area contributed by atoms with E-state index in [2.05, 4.69) is 0 Å². The molecule has 0 saturated heterocycles. The van der Waals surface area contributed by atoms with Crippen molar-refractivity contribution in [1.29, 1.82) is 0 Å². The van der Waals surface area contributed by atoms with Crippen molar-refractivity contribution < 1.29 is 16.7 Å². The van der Waals surface area contributed by atoms with E-state index in [1.54, 1.807) is 0 Å². The van der Waals surface area contributed by atoms with Crippen molar-refractivity contribution in [1.82, 2.24) is 0 Å². The largest absolute Gasteiger partial charge is 2.00 e. The molecule has 0 atom stereocenters. The van der Waals surface area contributed by atoms with Gasteiger partial charge in [0.25, 0.3) is 0 Å². The van der Waals surface area contributed by atoms with E-state index in [1.165, 1.54) is 0 Å². The summed E-state index contributed by atoms with van der Waals surface area (Å²) < 4.78 is 16.6. The first-order chi connectivity index (χ1) is 1.41. The van der Waals surface area contributed by atoms with Crippen molar-refractivity contribution in [3.63, 3.8) is 0 Å². The molecular formula is H4MgO3S. The van der Waals surface area contributed by atoms with E-state index in [1.807, 2.05) is 0 Å². The Morgan fingerprint density at radius 2 is 1.40 bits per heavy atom. The van der Waals surface area contributed by atoms with Crippen molar-refractivity contribution in [3.05, 3.63) is 0 Å². The maximum Gasteiger partial charge on any atom is 2.00 e. The molecule has 0 aromatic rings. The van der Waals surface area contributed by atoms with Gasteiger partial charge >= 0.3 is 34.6 Å². The minimum atomic E-state index is -0.750. The molecule has 0 aliphatic heterocycles. The maximum absolute atomic E-state index is 8.29. The SMILES string of the molecule is O.O=S=O.[H-].[H-].[Mg+2]. The van der Waals surface area contributed by atoms with Crippen LogP contribution in [0.4, 0.5) is 0 Å². The van der Waals surface area contributed by atoms with Gasteiger partial charge in [0.2, 0.25) is 0 Å². The Morgan fingerprint density at radius 3 is 1.40 bits per heavy atom. The second kappa shape index (κ2) is 23.9. The molecule has 0 rings (SSSR count). The Hall–Kier alpha value is 0.546. The van der Waals surface area contributed by atoms with Crippen LogP contribution in [0.25, 0.3) is 0 Å². The van der Waals surface area contributed by atoms with Gasteiger partial charge in [0.05, 0.1) is 0 Å². The molecule has 3 nitrogen and oxygen atoms in total. The van der Waals surface area contributed by atoms with Gasteiger partial charge in [-0.25, -0.2) is 0 Å². The van der Waals surface area contributed by atoms with E-state index in [0.717, 1.165) is 0 Å². The second-order valence-electron chi connectivity index (χ2n) is 0.0680. The zero-order valence-corrected chi connectivity index (χ0v) is 4.66. The van der Waals surface area contributed by atoms with Crippen LogP contribution in [0.15, 0.2) is 0 Å². The van der Waals surface area contributed by atoms with Crippen LogP contribution in [0.3, 0.4) is 0 Å². The summed E-state index contributed by atoms with van der Waals surface area (Å²) in [5.41, 5.74) is 0. The summed E-state index contributed by atoms with van der Waals surface area (Å²) in [5, 5.41) is 0. The van der Waals surface area contributed by atoms with Gasteiger partial charge in [0, 0.05) is 0 Å². The predicted octanol–water partition coefficient (Wildman–Crippen LogP) is -1.65. The van der Waals surface area contributed by atoms with E-state index in [-0.39, 0.29) is 31.4 Å². The molecule has 5 heteroatoms. The summed E-state index contributed by atoms with van der Waals surface area (Å²) in [7, 11) is 0. The van der Waals surface area contributed by atoms with Crippen LogP contribution in [0.5, 0.6) is 0 Å².